The van der Waals surface area contributed by atoms with E-state index < -0.39 is 5.97 Å². The summed E-state index contributed by atoms with van der Waals surface area (Å²) in [7, 11) is 0. The van der Waals surface area contributed by atoms with E-state index in [1.807, 2.05) is 6.92 Å². The van der Waals surface area contributed by atoms with Crippen molar-refractivity contribution in [1.82, 2.24) is 5.43 Å². The van der Waals surface area contributed by atoms with E-state index in [4.69, 9.17) is 5.11 Å². The fourth-order valence-electron chi connectivity index (χ4n) is 1.89. The molecular weight excluding hydrogens is 220 g/mol. The molecule has 2 rings (SSSR count). The summed E-state index contributed by atoms with van der Waals surface area (Å²) in [6.45, 7) is 1.98. The number of rotatable bonds is 3. The molecular formula is C12H14N2O3. The molecule has 0 spiro atoms. The van der Waals surface area contributed by atoms with E-state index in [1.54, 1.807) is 18.2 Å². The van der Waals surface area contributed by atoms with Crippen molar-refractivity contribution in [3.63, 3.8) is 0 Å². The average molecular weight is 234 g/mol. The molecule has 0 bridgehead atoms. The first-order valence-corrected chi connectivity index (χ1v) is 5.55. The minimum atomic E-state index is -1.03. The first-order chi connectivity index (χ1) is 8.13. The van der Waals surface area contributed by atoms with E-state index in [-0.39, 0.29) is 17.5 Å². The maximum atomic E-state index is 11.8. The molecule has 1 heterocycles. The molecule has 0 aromatic heterocycles. The fraction of sp³-hybridized carbons (Fsp3) is 0.333. The summed E-state index contributed by atoms with van der Waals surface area (Å²) in [5.41, 5.74) is 3.56. The summed E-state index contributed by atoms with van der Waals surface area (Å²) in [6, 6.07) is 6.57. The Morgan fingerprint density at radius 1 is 1.53 bits per heavy atom. The van der Waals surface area contributed by atoms with Gasteiger partial charge in [-0.2, -0.15) is 0 Å². The Hall–Kier alpha value is -1.88. The van der Waals surface area contributed by atoms with Crippen molar-refractivity contribution < 1.29 is 14.7 Å². The Kier molecular flexibility index (Phi) is 3.10. The number of hydrazine groups is 1. The molecule has 17 heavy (non-hydrogen) atoms. The number of hydrogen-bond donors (Lipinski definition) is 2. The molecule has 1 aromatic carbocycles. The van der Waals surface area contributed by atoms with Crippen LogP contribution in [0.5, 0.6) is 0 Å². The molecule has 5 nitrogen and oxygen atoms in total. The molecule has 2 N–H and O–H groups in total. The Balaban J connectivity index is 2.35. The lowest BCUT2D eigenvalue weighted by atomic mass is 10.1. The number of amides is 1. The highest BCUT2D eigenvalue weighted by molar-refractivity contribution is 6.02. The molecule has 1 fully saturated rings. The van der Waals surface area contributed by atoms with Gasteiger partial charge in [0.2, 0.25) is 5.91 Å². The quantitative estimate of drug-likeness (QED) is 0.829. The third-order valence-electron chi connectivity index (χ3n) is 2.85. The highest BCUT2D eigenvalue weighted by Crippen LogP contribution is 2.24. The number of carboxylic acid groups (broad SMARTS) is 1. The smallest absolute Gasteiger partial charge is 0.337 e. The van der Waals surface area contributed by atoms with E-state index in [0.717, 1.165) is 6.42 Å². The molecule has 1 amide bonds. The van der Waals surface area contributed by atoms with Crippen molar-refractivity contribution in [3.8, 4) is 0 Å². The molecule has 0 saturated carbocycles. The van der Waals surface area contributed by atoms with E-state index in [1.165, 1.54) is 11.1 Å². The second-order valence-corrected chi connectivity index (χ2v) is 3.99. The van der Waals surface area contributed by atoms with Crippen molar-refractivity contribution in [3.05, 3.63) is 29.8 Å². The zero-order valence-corrected chi connectivity index (χ0v) is 9.51. The van der Waals surface area contributed by atoms with Crippen molar-refractivity contribution >= 4 is 17.6 Å². The third kappa shape index (κ3) is 2.14. The van der Waals surface area contributed by atoms with Crippen LogP contribution in [0, 0.1) is 0 Å². The van der Waals surface area contributed by atoms with Crippen molar-refractivity contribution in [2.24, 2.45) is 0 Å². The van der Waals surface area contributed by atoms with Gasteiger partial charge in [0.25, 0.3) is 0 Å². The number of hydrogen-bond acceptors (Lipinski definition) is 3. The molecule has 1 atom stereocenters. The highest BCUT2D eigenvalue weighted by atomic mass is 16.4. The lowest BCUT2D eigenvalue weighted by Gasteiger charge is -2.19. The predicted molar refractivity (Wildman–Crippen MR) is 62.7 cm³/mol. The number of anilines is 1. The Labute approximate surface area is 99.0 Å². The largest absolute Gasteiger partial charge is 0.478 e. The molecule has 1 unspecified atom stereocenters. The van der Waals surface area contributed by atoms with Crippen LogP contribution in [0.3, 0.4) is 0 Å². The zero-order chi connectivity index (χ0) is 12.4. The monoisotopic (exact) mass is 234 g/mol. The number of carbonyl (C=O) groups is 2. The van der Waals surface area contributed by atoms with Crippen LogP contribution < -0.4 is 10.4 Å². The van der Waals surface area contributed by atoms with Crippen molar-refractivity contribution in [2.45, 2.75) is 25.8 Å². The SMILES string of the molecule is CCC1CC(=O)N(c2ccccc2C(=O)O)N1. The standard InChI is InChI=1S/C12H14N2O3/c1-2-8-7-11(15)14(13-8)10-6-4-3-5-9(10)12(16)17/h3-6,8,13H,2,7H2,1H3,(H,16,17). The lowest BCUT2D eigenvalue weighted by Crippen LogP contribution is -2.38. The van der Waals surface area contributed by atoms with Crippen LogP contribution in [0.1, 0.15) is 30.1 Å². The average Bonchev–Trinajstić information content (AvgIpc) is 2.70. The Morgan fingerprint density at radius 3 is 2.82 bits per heavy atom. The number of carbonyl (C=O) groups excluding carboxylic acids is 1. The number of para-hydroxylation sites is 1. The van der Waals surface area contributed by atoms with E-state index in [2.05, 4.69) is 5.43 Å². The topological polar surface area (TPSA) is 69.6 Å². The first-order valence-electron chi connectivity index (χ1n) is 5.55. The number of benzene rings is 1. The van der Waals surface area contributed by atoms with E-state index in [9.17, 15) is 9.59 Å². The van der Waals surface area contributed by atoms with Crippen LogP contribution in [-0.4, -0.2) is 23.0 Å². The lowest BCUT2D eigenvalue weighted by molar-refractivity contribution is -0.117. The molecule has 90 valence electrons. The minimum Gasteiger partial charge on any atom is -0.478 e. The molecule has 1 aromatic rings. The Morgan fingerprint density at radius 2 is 2.24 bits per heavy atom. The maximum Gasteiger partial charge on any atom is 0.337 e. The van der Waals surface area contributed by atoms with Gasteiger partial charge in [0.15, 0.2) is 0 Å². The third-order valence-corrected chi connectivity index (χ3v) is 2.85. The summed E-state index contributed by atoms with van der Waals surface area (Å²) in [6.07, 6.45) is 1.24. The minimum absolute atomic E-state index is 0.0874. The highest BCUT2D eigenvalue weighted by Gasteiger charge is 2.31. The molecule has 1 aliphatic heterocycles. The van der Waals surface area contributed by atoms with Crippen molar-refractivity contribution in [2.75, 3.05) is 5.01 Å². The molecule has 1 aliphatic rings. The van der Waals surface area contributed by atoms with E-state index >= 15 is 0 Å². The van der Waals surface area contributed by atoms with Crippen LogP contribution >= 0.6 is 0 Å². The maximum absolute atomic E-state index is 11.8. The molecule has 0 aliphatic carbocycles. The van der Waals surface area contributed by atoms with Gasteiger partial charge in [-0.3, -0.25) is 4.79 Å². The summed E-state index contributed by atoms with van der Waals surface area (Å²) in [5.74, 6) is -1.12. The number of nitrogens with zero attached hydrogens (tertiary/aromatic N) is 1. The Bertz CT molecular complexity index is 459. The summed E-state index contributed by atoms with van der Waals surface area (Å²) >= 11 is 0. The summed E-state index contributed by atoms with van der Waals surface area (Å²) in [4.78, 5) is 22.9. The van der Waals surface area contributed by atoms with Gasteiger partial charge in [0, 0.05) is 12.5 Å². The van der Waals surface area contributed by atoms with Gasteiger partial charge < -0.3 is 5.11 Å². The zero-order valence-electron chi connectivity index (χ0n) is 9.51. The van der Waals surface area contributed by atoms with Crippen LogP contribution in [0.25, 0.3) is 0 Å². The number of nitrogens with one attached hydrogen (secondary N) is 1. The second-order valence-electron chi connectivity index (χ2n) is 3.99. The number of aromatic carboxylic acids is 1. The van der Waals surface area contributed by atoms with Crippen LogP contribution in [0.2, 0.25) is 0 Å². The predicted octanol–water partition coefficient (Wildman–Crippen LogP) is 1.40. The summed E-state index contributed by atoms with van der Waals surface area (Å²) in [5, 5.41) is 10.4. The van der Waals surface area contributed by atoms with Gasteiger partial charge in [-0.15, -0.1) is 0 Å². The van der Waals surface area contributed by atoms with Crippen LogP contribution in [0.4, 0.5) is 5.69 Å². The normalized spacial score (nSPS) is 19.7. The van der Waals surface area contributed by atoms with Crippen LogP contribution in [-0.2, 0) is 4.79 Å². The molecule has 1 saturated heterocycles. The van der Waals surface area contributed by atoms with Gasteiger partial charge in [-0.05, 0) is 18.6 Å². The van der Waals surface area contributed by atoms with Gasteiger partial charge >= 0.3 is 5.97 Å². The summed E-state index contributed by atoms with van der Waals surface area (Å²) < 4.78 is 0. The number of carboxylic acids is 1. The van der Waals surface area contributed by atoms with Gasteiger partial charge in [0.1, 0.15) is 0 Å². The molecule has 0 radical (unpaired) electrons. The molecule has 5 heteroatoms. The van der Waals surface area contributed by atoms with Gasteiger partial charge in [-0.1, -0.05) is 19.1 Å². The van der Waals surface area contributed by atoms with Gasteiger partial charge in [0.05, 0.1) is 11.3 Å². The van der Waals surface area contributed by atoms with E-state index in [0.29, 0.717) is 12.1 Å². The van der Waals surface area contributed by atoms with Gasteiger partial charge in [-0.25, -0.2) is 15.2 Å². The second kappa shape index (κ2) is 4.55. The van der Waals surface area contributed by atoms with Crippen LogP contribution in [0.15, 0.2) is 24.3 Å². The van der Waals surface area contributed by atoms with Crippen molar-refractivity contribution in [1.29, 1.82) is 0 Å². The fourth-order valence-corrected chi connectivity index (χ4v) is 1.89. The first kappa shape index (κ1) is 11.6.